The smallest absolute Gasteiger partial charge is 0.126 e. The van der Waals surface area contributed by atoms with E-state index < -0.39 is 0 Å². The summed E-state index contributed by atoms with van der Waals surface area (Å²) in [6.07, 6.45) is 3.74. The molecule has 0 saturated heterocycles. The average molecular weight is 296 g/mol. The Morgan fingerprint density at radius 1 is 0.714 bits per heavy atom. The summed E-state index contributed by atoms with van der Waals surface area (Å²) >= 11 is 1.51. The lowest BCUT2D eigenvalue weighted by Crippen LogP contribution is -1.73. The van der Waals surface area contributed by atoms with Crippen molar-refractivity contribution in [3.63, 3.8) is 0 Å². The van der Waals surface area contributed by atoms with Gasteiger partial charge in [-0.15, -0.1) is 0 Å². The minimum Gasteiger partial charge on any atom is -0.507 e. The summed E-state index contributed by atoms with van der Waals surface area (Å²) in [5, 5.41) is 21.7. The minimum absolute atomic E-state index is 0.250. The number of phenols is 2. The fraction of sp³-hybridized carbons (Fsp3) is 0. The van der Waals surface area contributed by atoms with Crippen molar-refractivity contribution >= 4 is 33.6 Å². The van der Waals surface area contributed by atoms with Crippen LogP contribution in [0.3, 0.4) is 0 Å². The molecule has 2 heterocycles. The Balaban J connectivity index is 1.87. The molecule has 0 amide bonds. The van der Waals surface area contributed by atoms with Crippen LogP contribution in [0.15, 0.2) is 58.6 Å². The second kappa shape index (κ2) is 4.49. The van der Waals surface area contributed by atoms with Gasteiger partial charge in [0.1, 0.15) is 11.5 Å². The van der Waals surface area contributed by atoms with Crippen molar-refractivity contribution < 1.29 is 10.2 Å². The third kappa shape index (κ3) is 1.86. The van der Waals surface area contributed by atoms with E-state index >= 15 is 0 Å². The molecule has 0 aliphatic rings. The average Bonchev–Trinajstić information content (AvgIpc) is 3.06. The largest absolute Gasteiger partial charge is 0.507 e. The molecule has 0 saturated carbocycles. The zero-order valence-corrected chi connectivity index (χ0v) is 11.7. The molecule has 4 aromatic rings. The number of hydrogen-bond acceptors (Lipinski definition) is 3. The normalized spacial score (nSPS) is 11.4. The lowest BCUT2D eigenvalue weighted by atomic mass is 10.2. The molecule has 2 aromatic heterocycles. The van der Waals surface area contributed by atoms with Gasteiger partial charge in [-0.1, -0.05) is 23.9 Å². The van der Waals surface area contributed by atoms with E-state index in [-0.39, 0.29) is 11.5 Å². The summed E-state index contributed by atoms with van der Waals surface area (Å²) in [7, 11) is 0. The first-order valence-corrected chi connectivity index (χ1v) is 7.31. The van der Waals surface area contributed by atoms with Gasteiger partial charge in [0.25, 0.3) is 0 Å². The Hall–Kier alpha value is -2.53. The van der Waals surface area contributed by atoms with E-state index in [9.17, 15) is 10.2 Å². The topological polar surface area (TPSA) is 72.0 Å². The summed E-state index contributed by atoms with van der Waals surface area (Å²) in [4.78, 5) is 8.15. The maximum atomic E-state index is 10.0. The summed E-state index contributed by atoms with van der Waals surface area (Å²) in [5.74, 6) is 0.501. The highest BCUT2D eigenvalue weighted by molar-refractivity contribution is 7.99. The monoisotopic (exact) mass is 296 g/mol. The molecule has 0 aliphatic heterocycles. The lowest BCUT2D eigenvalue weighted by Gasteiger charge is -2.02. The van der Waals surface area contributed by atoms with Crippen molar-refractivity contribution in [3.8, 4) is 11.5 Å². The van der Waals surface area contributed by atoms with Crippen LogP contribution in [0.4, 0.5) is 0 Å². The van der Waals surface area contributed by atoms with Crippen molar-refractivity contribution in [1.29, 1.82) is 0 Å². The molecule has 2 aromatic carbocycles. The van der Waals surface area contributed by atoms with Gasteiger partial charge in [-0.25, -0.2) is 0 Å². The van der Waals surface area contributed by atoms with Crippen LogP contribution < -0.4 is 0 Å². The van der Waals surface area contributed by atoms with E-state index in [0.717, 1.165) is 31.6 Å². The zero-order valence-electron chi connectivity index (χ0n) is 10.9. The Morgan fingerprint density at radius 3 is 1.67 bits per heavy atom. The SMILES string of the molecule is Oc1cccc2[nH]cc(Sc3c[nH]c4cccc(O)c34)c12. The maximum Gasteiger partial charge on any atom is 0.126 e. The first-order valence-electron chi connectivity index (χ1n) is 6.50. The summed E-state index contributed by atoms with van der Waals surface area (Å²) in [6, 6.07) is 10.8. The molecular formula is C16H12N2O2S. The summed E-state index contributed by atoms with van der Waals surface area (Å²) in [6.45, 7) is 0. The van der Waals surface area contributed by atoms with Gasteiger partial charge in [0.2, 0.25) is 0 Å². The zero-order chi connectivity index (χ0) is 14.4. The van der Waals surface area contributed by atoms with Crippen LogP contribution in [-0.4, -0.2) is 20.2 Å². The Morgan fingerprint density at radius 2 is 1.19 bits per heavy atom. The molecule has 0 fully saturated rings. The van der Waals surface area contributed by atoms with Gasteiger partial charge in [-0.05, 0) is 24.3 Å². The molecule has 0 unspecified atom stereocenters. The molecule has 4 nitrogen and oxygen atoms in total. The predicted octanol–water partition coefficient (Wildman–Crippen LogP) is 4.21. The van der Waals surface area contributed by atoms with Crippen LogP contribution >= 0.6 is 11.8 Å². The predicted molar refractivity (Wildman–Crippen MR) is 84.1 cm³/mol. The Labute approximate surface area is 124 Å². The van der Waals surface area contributed by atoms with Gasteiger partial charge in [-0.2, -0.15) is 0 Å². The van der Waals surface area contributed by atoms with Crippen LogP contribution in [0.1, 0.15) is 0 Å². The van der Waals surface area contributed by atoms with Crippen molar-refractivity contribution in [2.45, 2.75) is 9.79 Å². The van der Waals surface area contributed by atoms with Crippen LogP contribution in [0.2, 0.25) is 0 Å². The van der Waals surface area contributed by atoms with E-state index in [1.165, 1.54) is 11.8 Å². The van der Waals surface area contributed by atoms with Crippen LogP contribution in [0.25, 0.3) is 21.8 Å². The number of phenolic OH excluding ortho intramolecular Hbond substituents is 2. The fourth-order valence-corrected chi connectivity index (χ4v) is 3.65. The molecule has 0 aliphatic carbocycles. The van der Waals surface area contributed by atoms with E-state index in [0.29, 0.717) is 0 Å². The van der Waals surface area contributed by atoms with Gasteiger partial charge < -0.3 is 20.2 Å². The number of nitrogens with one attached hydrogen (secondary N) is 2. The standard InChI is InChI=1S/C16H12N2O2S/c19-11-5-1-3-9-15(11)13(7-17-9)21-14-8-18-10-4-2-6-12(20)16(10)14/h1-8,17-20H. The van der Waals surface area contributed by atoms with Crippen molar-refractivity contribution in [1.82, 2.24) is 9.97 Å². The molecule has 104 valence electrons. The number of benzene rings is 2. The Kier molecular flexibility index (Phi) is 2.62. The number of rotatable bonds is 2. The number of aromatic amines is 2. The number of fused-ring (bicyclic) bond motifs is 2. The highest BCUT2D eigenvalue weighted by Crippen LogP contribution is 2.42. The first kappa shape index (κ1) is 12.2. The van der Waals surface area contributed by atoms with Crippen molar-refractivity contribution in [3.05, 3.63) is 48.8 Å². The van der Waals surface area contributed by atoms with Gasteiger partial charge in [0, 0.05) is 22.2 Å². The molecule has 4 rings (SSSR count). The first-order chi connectivity index (χ1) is 10.2. The maximum absolute atomic E-state index is 10.0. The van der Waals surface area contributed by atoms with E-state index in [2.05, 4.69) is 9.97 Å². The van der Waals surface area contributed by atoms with E-state index in [4.69, 9.17) is 0 Å². The van der Waals surface area contributed by atoms with Gasteiger partial charge in [0.15, 0.2) is 0 Å². The van der Waals surface area contributed by atoms with Crippen LogP contribution in [0, 0.1) is 0 Å². The molecule has 0 spiro atoms. The molecular weight excluding hydrogens is 284 g/mol. The van der Waals surface area contributed by atoms with Crippen molar-refractivity contribution in [2.75, 3.05) is 0 Å². The molecule has 4 N–H and O–H groups in total. The Bertz CT molecular complexity index is 877. The number of H-pyrrole nitrogens is 2. The lowest BCUT2D eigenvalue weighted by molar-refractivity contribution is 0.480. The third-order valence-electron chi connectivity index (χ3n) is 3.52. The molecule has 21 heavy (non-hydrogen) atoms. The number of aromatic nitrogens is 2. The molecule has 0 bridgehead atoms. The third-order valence-corrected chi connectivity index (χ3v) is 4.60. The second-order valence-electron chi connectivity index (χ2n) is 4.81. The quantitative estimate of drug-likeness (QED) is 0.448. The number of aromatic hydroxyl groups is 2. The summed E-state index contributed by atoms with van der Waals surface area (Å²) < 4.78 is 0. The van der Waals surface area contributed by atoms with Gasteiger partial charge >= 0.3 is 0 Å². The van der Waals surface area contributed by atoms with Gasteiger partial charge in [-0.3, -0.25) is 0 Å². The van der Waals surface area contributed by atoms with Gasteiger partial charge in [0.05, 0.1) is 21.8 Å². The van der Waals surface area contributed by atoms with E-state index in [1.807, 2.05) is 24.5 Å². The molecule has 0 radical (unpaired) electrons. The molecule has 0 atom stereocenters. The second-order valence-corrected chi connectivity index (χ2v) is 5.89. The van der Waals surface area contributed by atoms with Crippen molar-refractivity contribution in [2.24, 2.45) is 0 Å². The highest BCUT2D eigenvalue weighted by atomic mass is 32.2. The highest BCUT2D eigenvalue weighted by Gasteiger charge is 2.13. The fourth-order valence-electron chi connectivity index (χ4n) is 2.55. The summed E-state index contributed by atoms with van der Waals surface area (Å²) in [5.41, 5.74) is 1.78. The number of hydrogen-bond donors (Lipinski definition) is 4. The van der Waals surface area contributed by atoms with E-state index in [1.54, 1.807) is 24.3 Å². The van der Waals surface area contributed by atoms with Crippen LogP contribution in [0.5, 0.6) is 11.5 Å². The molecule has 5 heteroatoms. The minimum atomic E-state index is 0.250. The van der Waals surface area contributed by atoms with Crippen LogP contribution in [-0.2, 0) is 0 Å².